The van der Waals surface area contributed by atoms with E-state index in [0.29, 0.717) is 16.8 Å². The van der Waals surface area contributed by atoms with Crippen molar-refractivity contribution in [3.8, 4) is 16.9 Å². The zero-order valence-corrected chi connectivity index (χ0v) is 24.4. The van der Waals surface area contributed by atoms with Crippen molar-refractivity contribution in [2.24, 2.45) is 29.4 Å². The molecule has 4 N–H and O–H groups in total. The highest BCUT2D eigenvalue weighted by molar-refractivity contribution is 6.32. The van der Waals surface area contributed by atoms with Crippen molar-refractivity contribution in [2.45, 2.75) is 37.1 Å². The normalized spacial score (nSPS) is 28.4. The van der Waals surface area contributed by atoms with Gasteiger partial charge in [0.05, 0.1) is 23.9 Å². The summed E-state index contributed by atoms with van der Waals surface area (Å²) in [5, 5.41) is 23.2. The molecule has 0 heterocycles. The van der Waals surface area contributed by atoms with E-state index < -0.39 is 82.7 Å². The molecular formula is C31H32F3N3O7. The van der Waals surface area contributed by atoms with E-state index in [4.69, 9.17) is 5.73 Å². The molecule has 0 bridgehead atoms. The number of nitrogens with zero attached hydrogens (tertiary/aromatic N) is 2. The molecule has 234 valence electrons. The molecule has 13 heteroatoms. The molecule has 0 aliphatic heterocycles. The number of hydrogen-bond acceptors (Lipinski definition) is 9. The molecule has 6 atom stereocenters. The number of hydrogen-bond donors (Lipinski definition) is 3. The van der Waals surface area contributed by atoms with Gasteiger partial charge in [0.25, 0.3) is 0 Å². The molecule has 10 nitrogen and oxygen atoms in total. The Hall–Kier alpha value is -4.10. The second kappa shape index (κ2) is 10.5. The van der Waals surface area contributed by atoms with Gasteiger partial charge in [0.1, 0.15) is 5.75 Å². The number of ketones is 4. The number of phenols is 1. The van der Waals surface area contributed by atoms with E-state index in [2.05, 4.69) is 0 Å². The van der Waals surface area contributed by atoms with Crippen molar-refractivity contribution in [1.29, 1.82) is 0 Å². The minimum Gasteiger partial charge on any atom is -0.507 e. The van der Waals surface area contributed by atoms with E-state index in [1.807, 2.05) is 0 Å². The zero-order valence-electron chi connectivity index (χ0n) is 24.4. The Morgan fingerprint density at radius 3 is 2.18 bits per heavy atom. The number of halogens is 3. The quantitative estimate of drug-likeness (QED) is 0.426. The maximum absolute atomic E-state index is 14.2. The second-order valence-corrected chi connectivity index (χ2v) is 12.3. The van der Waals surface area contributed by atoms with E-state index >= 15 is 0 Å². The Morgan fingerprint density at radius 2 is 1.66 bits per heavy atom. The highest BCUT2D eigenvalue weighted by Gasteiger charge is 2.69. The van der Waals surface area contributed by atoms with Gasteiger partial charge in [-0.1, -0.05) is 24.3 Å². The summed E-state index contributed by atoms with van der Waals surface area (Å²) in [5.74, 6) is -11.6. The van der Waals surface area contributed by atoms with Crippen LogP contribution in [0.25, 0.3) is 11.1 Å². The maximum atomic E-state index is 14.2. The van der Waals surface area contributed by atoms with Gasteiger partial charge in [0.15, 0.2) is 34.7 Å². The molecule has 0 spiro atoms. The Morgan fingerprint density at radius 1 is 1.05 bits per heavy atom. The van der Waals surface area contributed by atoms with Gasteiger partial charge >= 0.3 is 6.18 Å². The van der Waals surface area contributed by atoms with E-state index in [1.54, 1.807) is 25.1 Å². The number of aliphatic hydroxyl groups is 1. The largest absolute Gasteiger partial charge is 0.507 e. The summed E-state index contributed by atoms with van der Waals surface area (Å²) in [5.41, 5.74) is 3.70. The molecule has 5 rings (SSSR count). The third kappa shape index (κ3) is 4.69. The number of phenolic OH excluding ortho intramolecular Hbond substituents is 1. The number of nitrogens with two attached hydrogens (primary N) is 1. The molecule has 0 radical (unpaired) electrons. The minimum absolute atomic E-state index is 0.00183. The van der Waals surface area contributed by atoms with Crippen molar-refractivity contribution < 1.29 is 47.4 Å². The van der Waals surface area contributed by atoms with Gasteiger partial charge in [-0.25, -0.2) is 0 Å². The third-order valence-electron chi connectivity index (χ3n) is 9.19. The topological polar surface area (TPSA) is 158 Å². The number of primary amides is 1. The van der Waals surface area contributed by atoms with Crippen LogP contribution in [0, 0.1) is 23.7 Å². The Kier molecular flexibility index (Phi) is 7.49. The van der Waals surface area contributed by atoms with E-state index in [0.717, 1.165) is 0 Å². The van der Waals surface area contributed by atoms with Crippen LogP contribution in [0.5, 0.6) is 5.75 Å². The average Bonchev–Trinajstić information content (AvgIpc) is 2.90. The summed E-state index contributed by atoms with van der Waals surface area (Å²) < 4.78 is 38.6. The van der Waals surface area contributed by atoms with Gasteiger partial charge in [-0.05, 0) is 55.6 Å². The summed E-state index contributed by atoms with van der Waals surface area (Å²) in [4.78, 5) is 70.2. The van der Waals surface area contributed by atoms with Crippen molar-refractivity contribution in [3.05, 3.63) is 47.0 Å². The molecule has 2 saturated carbocycles. The molecule has 0 aromatic heterocycles. The number of alkyl halides is 3. The molecule has 1 amide bonds. The molecule has 3 aliphatic rings. The van der Waals surface area contributed by atoms with Gasteiger partial charge in [-0.15, -0.1) is 0 Å². The SMILES string of the molecule is CN(C)c1cc(-c2ccc(CC(F)(F)F)cc2)c(O)c2c1C[C@H]1C[C@H]3[C@H](N(C)C)C(=O)C(C(N)=O)C(=O)[C@@]3(O)C(=O)C1C2=O. The molecule has 2 fully saturated rings. The van der Waals surface area contributed by atoms with E-state index in [1.165, 1.54) is 43.3 Å². The molecule has 2 aromatic rings. The summed E-state index contributed by atoms with van der Waals surface area (Å²) in [6, 6.07) is 5.71. The van der Waals surface area contributed by atoms with Crippen LogP contribution < -0.4 is 10.6 Å². The molecule has 2 unspecified atom stereocenters. The molecule has 0 saturated heterocycles. The van der Waals surface area contributed by atoms with E-state index in [9.17, 15) is 47.4 Å². The number of likely N-dealkylation sites (N-methyl/N-ethyl adjacent to an activating group) is 1. The fraction of sp³-hybridized carbons (Fsp3) is 0.452. The van der Waals surface area contributed by atoms with Crippen molar-refractivity contribution in [2.75, 3.05) is 33.1 Å². The average molecular weight is 616 g/mol. The van der Waals surface area contributed by atoms with Crippen molar-refractivity contribution in [3.63, 3.8) is 0 Å². The first kappa shape index (κ1) is 31.3. The minimum atomic E-state index is -4.41. The van der Waals surface area contributed by atoms with Gasteiger partial charge in [-0.3, -0.25) is 28.9 Å². The van der Waals surface area contributed by atoms with Crippen LogP contribution in [0.1, 0.15) is 27.9 Å². The number of benzene rings is 2. The van der Waals surface area contributed by atoms with Gasteiger partial charge in [0, 0.05) is 31.3 Å². The number of carbonyl (C=O) groups excluding carboxylic acids is 5. The first-order valence-corrected chi connectivity index (χ1v) is 14.0. The second-order valence-electron chi connectivity index (χ2n) is 12.3. The number of aromatic hydroxyl groups is 1. The number of fused-ring (bicyclic) bond motifs is 3. The fourth-order valence-electron chi connectivity index (χ4n) is 7.30. The van der Waals surface area contributed by atoms with Crippen LogP contribution >= 0.6 is 0 Å². The smallest absolute Gasteiger partial charge is 0.393 e. The summed E-state index contributed by atoms with van der Waals surface area (Å²) in [6.45, 7) is 0. The van der Waals surface area contributed by atoms with Gasteiger partial charge in [-0.2, -0.15) is 13.2 Å². The first-order valence-electron chi connectivity index (χ1n) is 14.0. The zero-order chi connectivity index (χ0) is 32.6. The van der Waals surface area contributed by atoms with Gasteiger partial charge in [0.2, 0.25) is 5.91 Å². The van der Waals surface area contributed by atoms with E-state index in [-0.39, 0.29) is 29.5 Å². The van der Waals surface area contributed by atoms with Crippen molar-refractivity contribution >= 4 is 34.7 Å². The fourth-order valence-corrected chi connectivity index (χ4v) is 7.30. The number of amides is 1. The molecule has 3 aliphatic carbocycles. The lowest BCUT2D eigenvalue weighted by molar-refractivity contribution is -0.181. The summed E-state index contributed by atoms with van der Waals surface area (Å²) >= 11 is 0. The van der Waals surface area contributed by atoms with Crippen molar-refractivity contribution in [1.82, 2.24) is 4.90 Å². The summed E-state index contributed by atoms with van der Waals surface area (Å²) in [7, 11) is 6.42. The Labute approximate surface area is 250 Å². The first-order chi connectivity index (χ1) is 20.4. The number of carbonyl (C=O) groups is 5. The lowest BCUT2D eigenvalue weighted by Gasteiger charge is -2.52. The highest BCUT2D eigenvalue weighted by Crippen LogP contribution is 2.53. The Bertz CT molecular complexity index is 1600. The molecule has 2 aromatic carbocycles. The predicted molar refractivity (Wildman–Crippen MR) is 151 cm³/mol. The van der Waals surface area contributed by atoms with Crippen LogP contribution in [0.15, 0.2) is 30.3 Å². The Balaban J connectivity index is 1.63. The summed E-state index contributed by atoms with van der Waals surface area (Å²) in [6.07, 6.45) is -5.56. The molecule has 44 heavy (non-hydrogen) atoms. The van der Waals surface area contributed by atoms with Crippen LogP contribution in [-0.4, -0.2) is 90.2 Å². The van der Waals surface area contributed by atoms with Gasteiger partial charge < -0.3 is 20.8 Å². The van der Waals surface area contributed by atoms with Crippen LogP contribution in [0.4, 0.5) is 18.9 Å². The lowest BCUT2D eigenvalue weighted by Crippen LogP contribution is -2.74. The molecular weight excluding hydrogens is 583 g/mol. The monoisotopic (exact) mass is 615 g/mol. The van der Waals surface area contributed by atoms with Crippen LogP contribution in [0.3, 0.4) is 0 Å². The number of rotatable bonds is 5. The maximum Gasteiger partial charge on any atom is 0.393 e. The lowest BCUT2D eigenvalue weighted by atomic mass is 9.52. The third-order valence-corrected chi connectivity index (χ3v) is 9.19. The number of Topliss-reactive ketones (excluding diaryl/α,β-unsaturated/α-hetero) is 4. The standard InChI is InChI=1S/C31H32F3N3O7/c1-36(2)19-11-16(14-7-5-13(6-8-14)12-30(32,33)34)24(38)21-17(19)9-15-10-18-23(37(3)4)26(40)22(29(35)43)28(42)31(18,44)27(41)20(15)25(21)39/h5-8,11,15,18,20,22-23,38,44H,9-10,12H2,1-4H3,(H2,35,43)/t15-,18-,20?,22?,23-,31-/m0/s1. The predicted octanol–water partition coefficient (Wildman–Crippen LogP) is 1.70. The van der Waals surface area contributed by atoms with Crippen LogP contribution in [0.2, 0.25) is 0 Å². The van der Waals surface area contributed by atoms with Crippen LogP contribution in [-0.2, 0) is 32.0 Å². The number of anilines is 1. The highest BCUT2D eigenvalue weighted by atomic mass is 19.4.